The molecule has 0 unspecified atom stereocenters. The van der Waals surface area contributed by atoms with Crippen LogP contribution in [0.2, 0.25) is 0 Å². The van der Waals surface area contributed by atoms with E-state index in [1.165, 1.54) is 18.2 Å². The van der Waals surface area contributed by atoms with Crippen LogP contribution < -0.4 is 15.5 Å². The highest BCUT2D eigenvalue weighted by Crippen LogP contribution is 2.31. The van der Waals surface area contributed by atoms with Gasteiger partial charge in [-0.05, 0) is 42.5 Å². The second kappa shape index (κ2) is 10.3. The van der Waals surface area contributed by atoms with Crippen LogP contribution in [-0.4, -0.2) is 52.9 Å². The molecule has 1 aromatic heterocycles. The van der Waals surface area contributed by atoms with Gasteiger partial charge in [0.1, 0.15) is 5.76 Å². The first-order chi connectivity index (χ1) is 16.8. The van der Waals surface area contributed by atoms with Gasteiger partial charge in [-0.15, -0.1) is 0 Å². The molecule has 2 N–H and O–H groups in total. The van der Waals surface area contributed by atoms with Gasteiger partial charge in [-0.3, -0.25) is 25.0 Å². The number of hydrogen-bond donors (Lipinski definition) is 2. The Balaban J connectivity index is 1.42. The van der Waals surface area contributed by atoms with Crippen LogP contribution >= 0.6 is 12.2 Å². The molecule has 1 saturated heterocycles. The number of carbonyl (C=O) groups excluding carboxylic acids is 2. The van der Waals surface area contributed by atoms with Gasteiger partial charge < -0.3 is 19.5 Å². The van der Waals surface area contributed by atoms with Crippen molar-refractivity contribution in [3.8, 4) is 11.3 Å². The lowest BCUT2D eigenvalue weighted by Gasteiger charge is -2.36. The molecule has 2 aromatic carbocycles. The number of amides is 2. The van der Waals surface area contributed by atoms with E-state index in [0.29, 0.717) is 31.9 Å². The zero-order valence-corrected chi connectivity index (χ0v) is 19.7. The fourth-order valence-electron chi connectivity index (χ4n) is 3.88. The number of anilines is 2. The molecule has 2 amide bonds. The number of carbonyl (C=O) groups is 2. The molecule has 0 saturated carbocycles. The molecule has 3 aromatic rings. The Labute approximate surface area is 206 Å². The Kier molecular flexibility index (Phi) is 7.06. The lowest BCUT2D eigenvalue weighted by atomic mass is 10.1. The third-order valence-electron chi connectivity index (χ3n) is 5.64. The number of nitro groups is 1. The molecule has 10 nitrogen and oxygen atoms in total. The molecule has 0 spiro atoms. The second-order valence-electron chi connectivity index (χ2n) is 7.86. The number of furan rings is 1. The Morgan fingerprint density at radius 2 is 1.69 bits per heavy atom. The number of nitrogens with one attached hydrogen (secondary N) is 2. The summed E-state index contributed by atoms with van der Waals surface area (Å²) in [4.78, 5) is 39.0. The zero-order valence-electron chi connectivity index (χ0n) is 18.9. The largest absolute Gasteiger partial charge is 0.451 e. The maximum Gasteiger partial charge on any atom is 0.293 e. The van der Waals surface area contributed by atoms with Crippen LogP contribution in [0.25, 0.3) is 11.3 Å². The van der Waals surface area contributed by atoms with E-state index in [2.05, 4.69) is 15.5 Å². The van der Waals surface area contributed by atoms with Crippen molar-refractivity contribution in [3.63, 3.8) is 0 Å². The van der Waals surface area contributed by atoms with Gasteiger partial charge in [-0.25, -0.2) is 0 Å². The number of nitrogens with zero attached hydrogens (tertiary/aromatic N) is 3. The van der Waals surface area contributed by atoms with Crippen molar-refractivity contribution in [1.82, 2.24) is 10.2 Å². The predicted octanol–water partition coefficient (Wildman–Crippen LogP) is 3.65. The summed E-state index contributed by atoms with van der Waals surface area (Å²) in [5, 5.41) is 17.0. The predicted molar refractivity (Wildman–Crippen MR) is 135 cm³/mol. The number of rotatable bonds is 5. The summed E-state index contributed by atoms with van der Waals surface area (Å²) < 4.78 is 5.58. The van der Waals surface area contributed by atoms with E-state index in [-0.39, 0.29) is 33.8 Å². The Morgan fingerprint density at radius 1 is 1.00 bits per heavy atom. The fourth-order valence-corrected chi connectivity index (χ4v) is 4.08. The summed E-state index contributed by atoms with van der Waals surface area (Å²) in [5.74, 6) is -0.352. The number of nitro benzene ring substituents is 1. The molecule has 180 valence electrons. The van der Waals surface area contributed by atoms with Gasteiger partial charge in [0.15, 0.2) is 10.9 Å². The molecule has 35 heavy (non-hydrogen) atoms. The van der Waals surface area contributed by atoms with E-state index in [1.54, 1.807) is 30.0 Å². The lowest BCUT2D eigenvalue weighted by molar-refractivity contribution is -0.384. The first-order valence-corrected chi connectivity index (χ1v) is 11.3. The summed E-state index contributed by atoms with van der Waals surface area (Å²) in [6.07, 6.45) is 0. The summed E-state index contributed by atoms with van der Waals surface area (Å²) >= 11 is 5.34. The molecule has 0 aliphatic carbocycles. The SMILES string of the molecule is CC(=O)N1CCN(c2ccccc2NC(=S)NC(=O)c2ccc(-c3ccccc3[N+](=O)[O-])o2)CC1. The smallest absolute Gasteiger partial charge is 0.293 e. The maximum atomic E-state index is 12.7. The van der Waals surface area contributed by atoms with Crippen molar-refractivity contribution in [1.29, 1.82) is 0 Å². The van der Waals surface area contributed by atoms with E-state index < -0.39 is 10.8 Å². The molecule has 0 atom stereocenters. The molecule has 0 bridgehead atoms. The summed E-state index contributed by atoms with van der Waals surface area (Å²) in [6, 6.07) is 16.6. The quantitative estimate of drug-likeness (QED) is 0.314. The number of thiocarbonyl (C=S) groups is 1. The van der Waals surface area contributed by atoms with Crippen molar-refractivity contribution in [2.45, 2.75) is 6.92 Å². The molecule has 1 aliphatic heterocycles. The van der Waals surface area contributed by atoms with Crippen LogP contribution in [-0.2, 0) is 4.79 Å². The minimum absolute atomic E-state index is 0.0315. The number of piperazine rings is 1. The van der Waals surface area contributed by atoms with Crippen LogP contribution in [0.5, 0.6) is 0 Å². The van der Waals surface area contributed by atoms with Gasteiger partial charge in [0.05, 0.1) is 21.9 Å². The maximum absolute atomic E-state index is 12.7. The first kappa shape index (κ1) is 23.9. The van der Waals surface area contributed by atoms with E-state index in [0.717, 1.165) is 5.69 Å². The molecule has 11 heteroatoms. The van der Waals surface area contributed by atoms with Gasteiger partial charge in [-0.2, -0.15) is 0 Å². The van der Waals surface area contributed by atoms with Crippen LogP contribution in [0.4, 0.5) is 17.1 Å². The molecular weight excluding hydrogens is 470 g/mol. The highest BCUT2D eigenvalue weighted by atomic mass is 32.1. The molecule has 0 radical (unpaired) electrons. The summed E-state index contributed by atoms with van der Waals surface area (Å²) in [7, 11) is 0. The average molecular weight is 494 g/mol. The summed E-state index contributed by atoms with van der Waals surface area (Å²) in [5.41, 5.74) is 1.78. The second-order valence-corrected chi connectivity index (χ2v) is 8.26. The molecule has 1 aliphatic rings. The standard InChI is InChI=1S/C24H23N5O5S/c1-16(30)27-12-14-28(15-13-27)20-9-5-3-7-18(20)25-24(35)26-23(31)22-11-10-21(34-22)17-6-2-4-8-19(17)29(32)33/h2-11H,12-15H2,1H3,(H2,25,26,31,35). The normalized spacial score (nSPS) is 13.3. The highest BCUT2D eigenvalue weighted by molar-refractivity contribution is 7.80. The zero-order chi connectivity index (χ0) is 24.9. The first-order valence-electron chi connectivity index (χ1n) is 10.9. The monoisotopic (exact) mass is 493 g/mol. The molecule has 4 rings (SSSR count). The Morgan fingerprint density at radius 3 is 2.40 bits per heavy atom. The van der Waals surface area contributed by atoms with Gasteiger partial charge in [0, 0.05) is 39.2 Å². The van der Waals surface area contributed by atoms with Crippen molar-refractivity contribution in [2.24, 2.45) is 0 Å². The van der Waals surface area contributed by atoms with Gasteiger partial charge in [-0.1, -0.05) is 24.3 Å². The number of para-hydroxylation sites is 3. The number of hydrogen-bond acceptors (Lipinski definition) is 7. The third-order valence-corrected chi connectivity index (χ3v) is 5.85. The van der Waals surface area contributed by atoms with E-state index in [9.17, 15) is 19.7 Å². The van der Waals surface area contributed by atoms with Crippen molar-refractivity contribution < 1.29 is 18.9 Å². The minimum atomic E-state index is -0.583. The van der Waals surface area contributed by atoms with E-state index in [4.69, 9.17) is 16.6 Å². The van der Waals surface area contributed by atoms with Crippen molar-refractivity contribution in [3.05, 3.63) is 76.5 Å². The summed E-state index contributed by atoms with van der Waals surface area (Å²) in [6.45, 7) is 4.18. The average Bonchev–Trinajstić information content (AvgIpc) is 3.35. The van der Waals surface area contributed by atoms with Crippen LogP contribution in [0.15, 0.2) is 65.1 Å². The fraction of sp³-hybridized carbons (Fsp3) is 0.208. The number of benzene rings is 2. The van der Waals surface area contributed by atoms with Crippen LogP contribution in [0.3, 0.4) is 0 Å². The molecular formula is C24H23N5O5S. The Hall–Kier alpha value is -4.25. The topological polar surface area (TPSA) is 121 Å². The van der Waals surface area contributed by atoms with E-state index in [1.807, 2.05) is 24.3 Å². The molecule has 1 fully saturated rings. The third kappa shape index (κ3) is 5.46. The Bertz CT molecular complexity index is 1280. The van der Waals surface area contributed by atoms with Crippen molar-refractivity contribution in [2.75, 3.05) is 36.4 Å². The highest BCUT2D eigenvalue weighted by Gasteiger charge is 2.22. The van der Waals surface area contributed by atoms with Crippen LogP contribution in [0.1, 0.15) is 17.5 Å². The van der Waals surface area contributed by atoms with Crippen molar-refractivity contribution >= 4 is 46.2 Å². The van der Waals surface area contributed by atoms with Crippen LogP contribution in [0, 0.1) is 10.1 Å². The van der Waals surface area contributed by atoms with Gasteiger partial charge >= 0.3 is 0 Å². The van der Waals surface area contributed by atoms with E-state index >= 15 is 0 Å². The molecule has 2 heterocycles. The van der Waals surface area contributed by atoms with Gasteiger partial charge in [0.25, 0.3) is 11.6 Å². The lowest BCUT2D eigenvalue weighted by Crippen LogP contribution is -2.48. The van der Waals surface area contributed by atoms with Gasteiger partial charge in [0.2, 0.25) is 5.91 Å². The minimum Gasteiger partial charge on any atom is -0.451 e.